The van der Waals surface area contributed by atoms with Crippen LogP contribution < -0.4 is 9.47 Å². The summed E-state index contributed by atoms with van der Waals surface area (Å²) in [6, 6.07) is 26.2. The molecule has 164 valence electrons. The molecule has 2 aliphatic rings. The minimum Gasteiger partial charge on any atom is -0.496 e. The predicted octanol–water partition coefficient (Wildman–Crippen LogP) is 7.40. The van der Waals surface area contributed by atoms with Crippen LogP contribution in [0.25, 0.3) is 10.8 Å². The van der Waals surface area contributed by atoms with Gasteiger partial charge in [0.05, 0.1) is 29.4 Å². The van der Waals surface area contributed by atoms with Crippen molar-refractivity contribution >= 4 is 39.7 Å². The van der Waals surface area contributed by atoms with Crippen LogP contribution in [0.5, 0.6) is 11.5 Å². The van der Waals surface area contributed by atoms with E-state index in [2.05, 4.69) is 42.5 Å². The summed E-state index contributed by atoms with van der Waals surface area (Å²) in [5.41, 5.74) is 3.93. The molecule has 4 nitrogen and oxygen atoms in total. The third-order valence-electron chi connectivity index (χ3n) is 6.30. The van der Waals surface area contributed by atoms with Gasteiger partial charge in [0.15, 0.2) is 0 Å². The highest BCUT2D eigenvalue weighted by molar-refractivity contribution is 6.35. The Labute approximate surface area is 201 Å². The van der Waals surface area contributed by atoms with Crippen LogP contribution >= 0.6 is 23.2 Å². The van der Waals surface area contributed by atoms with E-state index in [0.29, 0.717) is 15.8 Å². The van der Waals surface area contributed by atoms with Gasteiger partial charge >= 0.3 is 0 Å². The number of nitrogens with zero attached hydrogens (tertiary/aromatic N) is 2. The zero-order chi connectivity index (χ0) is 22.5. The molecule has 6 rings (SSSR count). The van der Waals surface area contributed by atoms with Gasteiger partial charge in [-0.25, -0.2) is 5.01 Å². The lowest BCUT2D eigenvalue weighted by atomic mass is 9.95. The standard InChI is InChI=1S/C27H20Cl2N2O2/c1-32-25-9-5-4-8-20(25)27-31-24(21-13-19(28)14-22(29)26(21)33-27)15-23(30-31)18-11-10-16-6-2-3-7-17(16)12-18/h2-14,24,27H,15H2,1H3. The number of rotatable bonds is 3. The molecule has 0 aromatic heterocycles. The van der Waals surface area contributed by atoms with Crippen molar-refractivity contribution in [2.45, 2.75) is 18.7 Å². The number of hydrazone groups is 1. The molecule has 0 bridgehead atoms. The normalized spacial score (nSPS) is 19.0. The Morgan fingerprint density at radius 2 is 1.70 bits per heavy atom. The number of para-hydroxylation sites is 1. The summed E-state index contributed by atoms with van der Waals surface area (Å²) < 4.78 is 12.1. The summed E-state index contributed by atoms with van der Waals surface area (Å²) in [5.74, 6) is 1.39. The van der Waals surface area contributed by atoms with Crippen molar-refractivity contribution < 1.29 is 9.47 Å². The summed E-state index contributed by atoms with van der Waals surface area (Å²) in [7, 11) is 1.66. The number of benzene rings is 4. The first kappa shape index (κ1) is 20.4. The van der Waals surface area contributed by atoms with Gasteiger partial charge in [-0.3, -0.25) is 0 Å². The zero-order valence-corrected chi connectivity index (χ0v) is 19.3. The molecule has 0 N–H and O–H groups in total. The number of methoxy groups -OCH3 is 1. The molecule has 0 saturated carbocycles. The van der Waals surface area contributed by atoms with Crippen LogP contribution in [0.1, 0.15) is 35.4 Å². The molecule has 6 heteroatoms. The van der Waals surface area contributed by atoms with Gasteiger partial charge in [-0.05, 0) is 46.7 Å². The lowest BCUT2D eigenvalue weighted by Gasteiger charge is -2.39. The molecule has 33 heavy (non-hydrogen) atoms. The first-order chi connectivity index (χ1) is 16.1. The van der Waals surface area contributed by atoms with Gasteiger partial charge in [0, 0.05) is 17.0 Å². The van der Waals surface area contributed by atoms with Crippen molar-refractivity contribution in [1.82, 2.24) is 5.01 Å². The fraction of sp³-hybridized carbons (Fsp3) is 0.148. The zero-order valence-electron chi connectivity index (χ0n) is 17.8. The van der Waals surface area contributed by atoms with Crippen molar-refractivity contribution in [1.29, 1.82) is 0 Å². The minimum atomic E-state index is -0.477. The van der Waals surface area contributed by atoms with E-state index in [1.807, 2.05) is 35.3 Å². The Morgan fingerprint density at radius 3 is 2.55 bits per heavy atom. The molecular formula is C27H20Cl2N2O2. The van der Waals surface area contributed by atoms with E-state index >= 15 is 0 Å². The fourth-order valence-corrected chi connectivity index (χ4v) is 5.29. The fourth-order valence-electron chi connectivity index (χ4n) is 4.73. The molecule has 0 fully saturated rings. The van der Waals surface area contributed by atoms with E-state index in [4.69, 9.17) is 37.8 Å². The Bertz CT molecular complexity index is 1420. The Balaban J connectivity index is 1.49. The number of fused-ring (bicyclic) bond motifs is 4. The first-order valence-electron chi connectivity index (χ1n) is 10.8. The van der Waals surface area contributed by atoms with Crippen LogP contribution in [-0.4, -0.2) is 17.8 Å². The van der Waals surface area contributed by atoms with E-state index in [9.17, 15) is 0 Å². The third-order valence-corrected chi connectivity index (χ3v) is 6.79. The maximum atomic E-state index is 6.59. The molecule has 0 saturated heterocycles. The minimum absolute atomic E-state index is 0.0543. The molecule has 0 spiro atoms. The molecule has 2 aliphatic heterocycles. The molecular weight excluding hydrogens is 455 g/mol. The molecule has 0 amide bonds. The topological polar surface area (TPSA) is 34.1 Å². The second-order valence-electron chi connectivity index (χ2n) is 8.23. The van der Waals surface area contributed by atoms with Gasteiger partial charge in [0.1, 0.15) is 11.5 Å². The van der Waals surface area contributed by atoms with Crippen LogP contribution in [0.4, 0.5) is 0 Å². The number of ether oxygens (including phenoxy) is 2. The van der Waals surface area contributed by atoms with Crippen LogP contribution in [0.2, 0.25) is 10.0 Å². The van der Waals surface area contributed by atoms with Crippen molar-refractivity contribution in [3.63, 3.8) is 0 Å². The smallest absolute Gasteiger partial charge is 0.217 e. The average molecular weight is 475 g/mol. The Kier molecular flexibility index (Phi) is 4.93. The highest BCUT2D eigenvalue weighted by Gasteiger charge is 2.43. The van der Waals surface area contributed by atoms with Gasteiger partial charge < -0.3 is 9.47 Å². The van der Waals surface area contributed by atoms with E-state index in [-0.39, 0.29) is 6.04 Å². The molecule has 2 atom stereocenters. The van der Waals surface area contributed by atoms with Gasteiger partial charge in [-0.15, -0.1) is 0 Å². The van der Waals surface area contributed by atoms with Gasteiger partial charge in [-0.1, -0.05) is 71.7 Å². The van der Waals surface area contributed by atoms with Crippen LogP contribution in [0.15, 0.2) is 84.0 Å². The van der Waals surface area contributed by atoms with Crippen molar-refractivity contribution in [2.75, 3.05) is 7.11 Å². The number of halogens is 2. The highest BCUT2D eigenvalue weighted by Crippen LogP contribution is 2.51. The summed E-state index contributed by atoms with van der Waals surface area (Å²) in [5, 5.41) is 10.5. The maximum absolute atomic E-state index is 6.59. The monoisotopic (exact) mass is 474 g/mol. The van der Waals surface area contributed by atoms with E-state index in [0.717, 1.165) is 34.6 Å². The van der Waals surface area contributed by atoms with Gasteiger partial charge in [0.2, 0.25) is 6.23 Å². The summed E-state index contributed by atoms with van der Waals surface area (Å²) in [4.78, 5) is 0. The first-order valence-corrected chi connectivity index (χ1v) is 11.5. The second kappa shape index (κ2) is 7.98. The molecule has 4 aromatic carbocycles. The predicted molar refractivity (Wildman–Crippen MR) is 133 cm³/mol. The summed E-state index contributed by atoms with van der Waals surface area (Å²) in [6.07, 6.45) is 0.243. The third kappa shape index (κ3) is 3.41. The van der Waals surface area contributed by atoms with E-state index in [1.165, 1.54) is 10.8 Å². The molecule has 2 unspecified atom stereocenters. The second-order valence-corrected chi connectivity index (χ2v) is 9.07. The summed E-state index contributed by atoms with van der Waals surface area (Å²) >= 11 is 13.0. The van der Waals surface area contributed by atoms with Crippen LogP contribution in [-0.2, 0) is 0 Å². The van der Waals surface area contributed by atoms with Gasteiger partial charge in [0.25, 0.3) is 0 Å². The van der Waals surface area contributed by atoms with E-state index in [1.54, 1.807) is 13.2 Å². The number of hydrogen-bond donors (Lipinski definition) is 0. The average Bonchev–Trinajstić information content (AvgIpc) is 3.29. The highest BCUT2D eigenvalue weighted by atomic mass is 35.5. The maximum Gasteiger partial charge on any atom is 0.217 e. The van der Waals surface area contributed by atoms with Crippen LogP contribution in [0, 0.1) is 0 Å². The lowest BCUT2D eigenvalue weighted by Crippen LogP contribution is -2.34. The van der Waals surface area contributed by atoms with Crippen molar-refractivity contribution in [3.05, 3.63) is 106 Å². The van der Waals surface area contributed by atoms with Gasteiger partial charge in [-0.2, -0.15) is 5.10 Å². The number of hydrogen-bond acceptors (Lipinski definition) is 4. The molecule has 0 aliphatic carbocycles. The Morgan fingerprint density at radius 1 is 0.909 bits per heavy atom. The lowest BCUT2D eigenvalue weighted by molar-refractivity contribution is -0.0202. The molecule has 0 radical (unpaired) electrons. The summed E-state index contributed by atoms with van der Waals surface area (Å²) in [6.45, 7) is 0. The quantitative estimate of drug-likeness (QED) is 0.310. The van der Waals surface area contributed by atoms with Crippen molar-refractivity contribution in [2.24, 2.45) is 5.10 Å². The largest absolute Gasteiger partial charge is 0.496 e. The van der Waals surface area contributed by atoms with Crippen molar-refractivity contribution in [3.8, 4) is 11.5 Å². The van der Waals surface area contributed by atoms with E-state index < -0.39 is 6.23 Å². The molecule has 2 heterocycles. The van der Waals surface area contributed by atoms with Crippen LogP contribution in [0.3, 0.4) is 0 Å². The molecule has 4 aromatic rings. The Hall–Kier alpha value is -3.21. The SMILES string of the molecule is COc1ccccc1C1Oc2c(Cl)cc(Cl)cc2C2CC(c3ccc4ccccc4c3)=NN21.